The van der Waals surface area contributed by atoms with Gasteiger partial charge in [-0.15, -0.1) is 10.2 Å². The Bertz CT molecular complexity index is 1170. The molecule has 0 radical (unpaired) electrons. The van der Waals surface area contributed by atoms with Crippen molar-refractivity contribution >= 4 is 17.5 Å². The Hall–Kier alpha value is -3.19. The first-order valence-corrected chi connectivity index (χ1v) is 10.8. The standard InChI is InChI=1S/C23H23N5OS/c1-4-27-16(2)14-20(17(27)3)21(29)15-30-23-26-25-22(18-10-12-24-13-11-18)28(23)19-8-6-5-7-9-19/h5-14H,4,15H2,1-3H3. The van der Waals surface area contributed by atoms with E-state index in [1.807, 2.05) is 66.9 Å². The van der Waals surface area contributed by atoms with Crippen molar-refractivity contribution in [2.45, 2.75) is 32.5 Å². The van der Waals surface area contributed by atoms with Crippen LogP contribution in [-0.2, 0) is 6.54 Å². The Kier molecular flexibility index (Phi) is 5.81. The number of ketones is 1. The lowest BCUT2D eigenvalue weighted by molar-refractivity contribution is 0.102. The van der Waals surface area contributed by atoms with Crippen molar-refractivity contribution in [3.63, 3.8) is 0 Å². The maximum atomic E-state index is 12.9. The van der Waals surface area contributed by atoms with Gasteiger partial charge in [0.25, 0.3) is 0 Å². The number of benzene rings is 1. The molecule has 0 aliphatic rings. The van der Waals surface area contributed by atoms with Crippen LogP contribution in [0.5, 0.6) is 0 Å². The number of hydrogen-bond donors (Lipinski definition) is 0. The summed E-state index contributed by atoms with van der Waals surface area (Å²) < 4.78 is 4.15. The van der Waals surface area contributed by atoms with Crippen molar-refractivity contribution in [2.24, 2.45) is 0 Å². The van der Waals surface area contributed by atoms with Gasteiger partial charge in [-0.3, -0.25) is 14.3 Å². The molecule has 6 nitrogen and oxygen atoms in total. The monoisotopic (exact) mass is 417 g/mol. The predicted molar refractivity (Wildman–Crippen MR) is 119 cm³/mol. The van der Waals surface area contributed by atoms with E-state index in [9.17, 15) is 4.79 Å². The van der Waals surface area contributed by atoms with Gasteiger partial charge in [-0.2, -0.15) is 0 Å². The fourth-order valence-electron chi connectivity index (χ4n) is 3.64. The minimum atomic E-state index is 0.0980. The summed E-state index contributed by atoms with van der Waals surface area (Å²) in [5.41, 5.74) is 4.78. The van der Waals surface area contributed by atoms with Gasteiger partial charge in [0.1, 0.15) is 0 Å². The second-order valence-electron chi connectivity index (χ2n) is 6.95. The average Bonchev–Trinajstić information content (AvgIpc) is 3.33. The Morgan fingerprint density at radius 1 is 1.03 bits per heavy atom. The van der Waals surface area contributed by atoms with E-state index in [1.54, 1.807) is 12.4 Å². The second-order valence-corrected chi connectivity index (χ2v) is 7.90. The van der Waals surface area contributed by atoms with E-state index in [0.29, 0.717) is 10.9 Å². The lowest BCUT2D eigenvalue weighted by atomic mass is 10.2. The quantitative estimate of drug-likeness (QED) is 0.321. The molecule has 0 unspecified atom stereocenters. The van der Waals surface area contributed by atoms with Crippen molar-refractivity contribution in [3.05, 3.63) is 77.9 Å². The molecule has 0 spiro atoms. The molecule has 0 amide bonds. The van der Waals surface area contributed by atoms with Gasteiger partial charge in [0.2, 0.25) is 0 Å². The first-order chi connectivity index (χ1) is 14.6. The third-order valence-electron chi connectivity index (χ3n) is 5.11. The number of carbonyl (C=O) groups is 1. The highest BCUT2D eigenvalue weighted by Gasteiger charge is 2.19. The van der Waals surface area contributed by atoms with Crippen LogP contribution in [-0.4, -0.2) is 35.9 Å². The summed E-state index contributed by atoms with van der Waals surface area (Å²) in [6.45, 7) is 6.98. The van der Waals surface area contributed by atoms with Crippen LogP contribution < -0.4 is 0 Å². The Balaban J connectivity index is 1.65. The molecule has 152 valence electrons. The second kappa shape index (κ2) is 8.67. The average molecular weight is 418 g/mol. The van der Waals surface area contributed by atoms with E-state index in [1.165, 1.54) is 11.8 Å². The number of thioether (sulfide) groups is 1. The zero-order chi connectivity index (χ0) is 21.1. The van der Waals surface area contributed by atoms with Gasteiger partial charge in [0.15, 0.2) is 16.8 Å². The molecule has 3 aromatic heterocycles. The molecule has 0 N–H and O–H groups in total. The lowest BCUT2D eigenvalue weighted by Crippen LogP contribution is -2.07. The van der Waals surface area contributed by atoms with Gasteiger partial charge in [0, 0.05) is 47.1 Å². The van der Waals surface area contributed by atoms with Crippen molar-refractivity contribution in [1.29, 1.82) is 0 Å². The van der Waals surface area contributed by atoms with Crippen LogP contribution in [0.25, 0.3) is 17.1 Å². The third kappa shape index (κ3) is 3.80. The highest BCUT2D eigenvalue weighted by Crippen LogP contribution is 2.28. The highest BCUT2D eigenvalue weighted by molar-refractivity contribution is 7.99. The fourth-order valence-corrected chi connectivity index (χ4v) is 4.47. The van der Waals surface area contributed by atoms with Gasteiger partial charge < -0.3 is 4.57 Å². The highest BCUT2D eigenvalue weighted by atomic mass is 32.2. The van der Waals surface area contributed by atoms with E-state index in [4.69, 9.17) is 0 Å². The zero-order valence-corrected chi connectivity index (χ0v) is 18.1. The first kappa shape index (κ1) is 20.1. The molecule has 0 aliphatic heterocycles. The zero-order valence-electron chi connectivity index (χ0n) is 17.2. The lowest BCUT2D eigenvalue weighted by Gasteiger charge is -2.10. The summed E-state index contributed by atoms with van der Waals surface area (Å²) >= 11 is 1.41. The first-order valence-electron chi connectivity index (χ1n) is 9.84. The molecule has 0 bridgehead atoms. The Labute approximate surface area is 180 Å². The minimum Gasteiger partial charge on any atom is -0.349 e. The smallest absolute Gasteiger partial charge is 0.196 e. The third-order valence-corrected chi connectivity index (χ3v) is 6.04. The van der Waals surface area contributed by atoms with Crippen molar-refractivity contribution in [1.82, 2.24) is 24.3 Å². The van der Waals surface area contributed by atoms with Crippen LogP contribution in [0.4, 0.5) is 0 Å². The molecule has 7 heteroatoms. The Morgan fingerprint density at radius 2 is 1.77 bits per heavy atom. The molecule has 0 atom stereocenters. The topological polar surface area (TPSA) is 65.6 Å². The molecular formula is C23H23N5OS. The van der Waals surface area contributed by atoms with Crippen molar-refractivity contribution in [3.8, 4) is 17.1 Å². The van der Waals surface area contributed by atoms with E-state index in [2.05, 4.69) is 26.7 Å². The molecule has 4 aromatic rings. The van der Waals surface area contributed by atoms with Crippen LogP contribution in [0.2, 0.25) is 0 Å². The molecule has 0 saturated carbocycles. The number of nitrogens with zero attached hydrogens (tertiary/aromatic N) is 5. The van der Waals surface area contributed by atoms with Crippen LogP contribution in [0.1, 0.15) is 28.7 Å². The van der Waals surface area contributed by atoms with Crippen LogP contribution in [0.3, 0.4) is 0 Å². The summed E-state index contributed by atoms with van der Waals surface area (Å²) in [7, 11) is 0. The molecule has 30 heavy (non-hydrogen) atoms. The van der Waals surface area contributed by atoms with Crippen LogP contribution >= 0.6 is 11.8 Å². The summed E-state index contributed by atoms with van der Waals surface area (Å²) in [5.74, 6) is 1.12. The number of rotatable bonds is 7. The van der Waals surface area contributed by atoms with E-state index >= 15 is 0 Å². The number of Topliss-reactive ketones (excluding diaryl/α,β-unsaturated/α-hetero) is 1. The van der Waals surface area contributed by atoms with Crippen molar-refractivity contribution < 1.29 is 4.79 Å². The summed E-state index contributed by atoms with van der Waals surface area (Å²) in [6, 6.07) is 15.7. The molecule has 1 aromatic carbocycles. The minimum absolute atomic E-state index is 0.0980. The fraction of sp³-hybridized carbons (Fsp3) is 0.217. The van der Waals surface area contributed by atoms with Crippen molar-refractivity contribution in [2.75, 3.05) is 5.75 Å². The summed E-state index contributed by atoms with van der Waals surface area (Å²) in [6.07, 6.45) is 3.47. The molecule has 0 saturated heterocycles. The largest absolute Gasteiger partial charge is 0.349 e. The van der Waals surface area contributed by atoms with Gasteiger partial charge in [-0.25, -0.2) is 0 Å². The van der Waals surface area contributed by atoms with Gasteiger partial charge in [-0.05, 0) is 51.1 Å². The van der Waals surface area contributed by atoms with Gasteiger partial charge >= 0.3 is 0 Å². The normalized spacial score (nSPS) is 11.0. The molecule has 0 fully saturated rings. The predicted octanol–water partition coefficient (Wildman–Crippen LogP) is 4.74. The number of para-hydroxylation sites is 1. The summed E-state index contributed by atoms with van der Waals surface area (Å²) in [5, 5.41) is 9.49. The van der Waals surface area contributed by atoms with Gasteiger partial charge in [-0.1, -0.05) is 30.0 Å². The molecule has 3 heterocycles. The Morgan fingerprint density at radius 3 is 2.43 bits per heavy atom. The number of carbonyl (C=O) groups excluding carboxylic acids is 1. The molecule has 0 aliphatic carbocycles. The van der Waals surface area contributed by atoms with Crippen LogP contribution in [0.15, 0.2) is 66.1 Å². The van der Waals surface area contributed by atoms with Gasteiger partial charge in [0.05, 0.1) is 5.75 Å². The number of aryl methyl sites for hydroxylation is 1. The maximum Gasteiger partial charge on any atom is 0.196 e. The van der Waals surface area contributed by atoms with E-state index < -0.39 is 0 Å². The molecule has 4 rings (SSSR count). The number of pyridine rings is 1. The summed E-state index contributed by atoms with van der Waals surface area (Å²) in [4.78, 5) is 17.0. The van der Waals surface area contributed by atoms with E-state index in [-0.39, 0.29) is 5.78 Å². The molecular weight excluding hydrogens is 394 g/mol. The van der Waals surface area contributed by atoms with Crippen LogP contribution in [0, 0.1) is 13.8 Å². The SMILES string of the molecule is CCn1c(C)cc(C(=O)CSc2nnc(-c3ccncc3)n2-c2ccccc2)c1C. The number of hydrogen-bond acceptors (Lipinski definition) is 5. The maximum absolute atomic E-state index is 12.9. The number of aromatic nitrogens is 5. The van der Waals surface area contributed by atoms with E-state index in [0.717, 1.165) is 40.6 Å².